The molecule has 1 N–H and O–H groups in total. The number of anilines is 1. The highest BCUT2D eigenvalue weighted by Gasteiger charge is 2.48. The highest BCUT2D eigenvalue weighted by atomic mass is 16.7. The zero-order chi connectivity index (χ0) is 26.4. The first-order valence-corrected chi connectivity index (χ1v) is 12.4. The lowest BCUT2D eigenvalue weighted by Gasteiger charge is -2.34. The highest BCUT2D eigenvalue weighted by molar-refractivity contribution is 5.87. The Kier molecular flexibility index (Phi) is 5.98. The third-order valence-corrected chi connectivity index (χ3v) is 7.37. The molecule has 0 unspecified atom stereocenters. The van der Waals surface area contributed by atoms with Crippen LogP contribution >= 0.6 is 0 Å². The van der Waals surface area contributed by atoms with Crippen LogP contribution < -0.4 is 29.0 Å². The zero-order valence-corrected chi connectivity index (χ0v) is 21.2. The van der Waals surface area contributed by atoms with Gasteiger partial charge in [0, 0.05) is 17.5 Å². The van der Waals surface area contributed by atoms with Gasteiger partial charge in [0.05, 0.1) is 26.7 Å². The zero-order valence-electron chi connectivity index (χ0n) is 21.2. The molecule has 0 spiro atoms. The maximum absolute atomic E-state index is 12.9. The molecule has 1 fully saturated rings. The molecule has 9 nitrogen and oxygen atoms in total. The lowest BCUT2D eigenvalue weighted by Crippen LogP contribution is -2.31. The largest absolute Gasteiger partial charge is 0.493 e. The van der Waals surface area contributed by atoms with Crippen LogP contribution in [0.1, 0.15) is 28.2 Å². The van der Waals surface area contributed by atoms with Gasteiger partial charge in [-0.25, -0.2) is 4.79 Å². The Bertz CT molecular complexity index is 1390. The number of benzene rings is 3. The highest BCUT2D eigenvalue weighted by Crippen LogP contribution is 2.52. The van der Waals surface area contributed by atoms with Gasteiger partial charge < -0.3 is 28.4 Å². The molecule has 3 atom stereocenters. The number of carbonyl (C=O) groups is 2. The number of rotatable bonds is 5. The Labute approximate surface area is 219 Å². The molecule has 1 amide bonds. The third kappa shape index (κ3) is 4.13. The van der Waals surface area contributed by atoms with Crippen molar-refractivity contribution in [3.05, 3.63) is 70.8 Å². The molecule has 2 heterocycles. The van der Waals surface area contributed by atoms with E-state index in [1.54, 1.807) is 24.3 Å². The van der Waals surface area contributed by atoms with Crippen molar-refractivity contribution < 1.29 is 38.0 Å². The van der Waals surface area contributed by atoms with Crippen LogP contribution in [0.4, 0.5) is 10.5 Å². The number of hydrogen-bond acceptors (Lipinski definition) is 8. The van der Waals surface area contributed by atoms with E-state index in [9.17, 15) is 9.59 Å². The van der Waals surface area contributed by atoms with Crippen LogP contribution in [0.5, 0.6) is 28.7 Å². The molecule has 3 aromatic rings. The maximum atomic E-state index is 12.9. The lowest BCUT2D eigenvalue weighted by molar-refractivity contribution is -0.141. The minimum Gasteiger partial charge on any atom is -0.493 e. The normalized spacial score (nSPS) is 20.7. The molecule has 6 rings (SSSR count). The van der Waals surface area contributed by atoms with Crippen molar-refractivity contribution in [1.82, 2.24) is 0 Å². The molecule has 1 saturated heterocycles. The number of amides is 1. The van der Waals surface area contributed by atoms with E-state index < -0.39 is 6.09 Å². The first-order chi connectivity index (χ1) is 18.4. The molecule has 2 aliphatic heterocycles. The summed E-state index contributed by atoms with van der Waals surface area (Å²) in [6, 6.07) is 14.9. The van der Waals surface area contributed by atoms with E-state index in [2.05, 4.69) is 5.32 Å². The van der Waals surface area contributed by atoms with Gasteiger partial charge in [0.1, 0.15) is 0 Å². The van der Waals surface area contributed by atoms with Crippen molar-refractivity contribution in [1.29, 1.82) is 0 Å². The van der Waals surface area contributed by atoms with Crippen molar-refractivity contribution in [3.8, 4) is 28.7 Å². The van der Waals surface area contributed by atoms with Crippen LogP contribution in [0.25, 0.3) is 0 Å². The number of ether oxygens (including phenoxy) is 6. The van der Waals surface area contributed by atoms with Crippen molar-refractivity contribution in [2.75, 3.05) is 32.9 Å². The molecular weight excluding hydrogens is 490 g/mol. The van der Waals surface area contributed by atoms with Crippen LogP contribution in [-0.2, 0) is 16.0 Å². The van der Waals surface area contributed by atoms with Crippen molar-refractivity contribution >= 4 is 17.7 Å². The maximum Gasteiger partial charge on any atom is 0.417 e. The predicted molar refractivity (Wildman–Crippen MR) is 136 cm³/mol. The monoisotopic (exact) mass is 517 g/mol. The van der Waals surface area contributed by atoms with Gasteiger partial charge in [-0.15, -0.1) is 0 Å². The van der Waals surface area contributed by atoms with E-state index in [1.165, 1.54) is 14.2 Å². The Balaban J connectivity index is 1.39. The summed E-state index contributed by atoms with van der Waals surface area (Å²) in [5, 5.41) is 2.71. The molecule has 0 bridgehead atoms. The average Bonchev–Trinajstić information content (AvgIpc) is 3.53. The summed E-state index contributed by atoms with van der Waals surface area (Å²) in [7, 11) is 2.98. The Morgan fingerprint density at radius 1 is 0.947 bits per heavy atom. The van der Waals surface area contributed by atoms with E-state index in [0.29, 0.717) is 41.7 Å². The number of hydrogen-bond donors (Lipinski definition) is 1. The molecular formula is C29H27NO8. The summed E-state index contributed by atoms with van der Waals surface area (Å²) in [6.07, 6.45) is 0.0152. The van der Waals surface area contributed by atoms with E-state index in [4.69, 9.17) is 28.4 Å². The number of nitrogens with one attached hydrogen (secondary N) is 1. The second-order valence-corrected chi connectivity index (χ2v) is 9.64. The molecule has 1 aliphatic carbocycles. The van der Waals surface area contributed by atoms with Crippen molar-refractivity contribution in [2.24, 2.45) is 11.8 Å². The number of aryl methyl sites for hydroxylation is 1. The molecule has 196 valence electrons. The summed E-state index contributed by atoms with van der Waals surface area (Å²) in [4.78, 5) is 25.7. The summed E-state index contributed by atoms with van der Waals surface area (Å²) in [5.74, 6) is 1.14. The van der Waals surface area contributed by atoms with Crippen LogP contribution in [-0.4, -0.2) is 39.7 Å². The van der Waals surface area contributed by atoms with Gasteiger partial charge in [-0.2, -0.15) is 0 Å². The van der Waals surface area contributed by atoms with E-state index in [1.807, 2.05) is 31.2 Å². The van der Waals surface area contributed by atoms with E-state index in [0.717, 1.165) is 22.3 Å². The Morgan fingerprint density at radius 2 is 1.63 bits per heavy atom. The summed E-state index contributed by atoms with van der Waals surface area (Å²) in [5.41, 5.74) is 4.49. The quantitative estimate of drug-likeness (QED) is 0.481. The van der Waals surface area contributed by atoms with Gasteiger partial charge in [-0.05, 0) is 66.4 Å². The molecule has 38 heavy (non-hydrogen) atoms. The van der Waals surface area contributed by atoms with E-state index in [-0.39, 0.29) is 36.3 Å². The fourth-order valence-electron chi connectivity index (χ4n) is 5.56. The van der Waals surface area contributed by atoms with Crippen LogP contribution in [0, 0.1) is 18.8 Å². The van der Waals surface area contributed by atoms with Crippen LogP contribution in [0.2, 0.25) is 0 Å². The van der Waals surface area contributed by atoms with Gasteiger partial charge in [-0.3, -0.25) is 10.1 Å². The smallest absolute Gasteiger partial charge is 0.417 e. The third-order valence-electron chi connectivity index (χ3n) is 7.37. The number of methoxy groups -OCH3 is 2. The Hall–Kier alpha value is -4.40. The van der Waals surface area contributed by atoms with Gasteiger partial charge in [0.25, 0.3) is 0 Å². The molecule has 0 aromatic heterocycles. The van der Waals surface area contributed by atoms with Crippen molar-refractivity contribution in [2.45, 2.75) is 19.3 Å². The molecule has 3 aliphatic rings. The topological polar surface area (TPSA) is 102 Å². The first kappa shape index (κ1) is 24.0. The summed E-state index contributed by atoms with van der Waals surface area (Å²) >= 11 is 0. The predicted octanol–water partition coefficient (Wildman–Crippen LogP) is 4.83. The summed E-state index contributed by atoms with van der Waals surface area (Å²) in [6.45, 7) is 2.49. The molecule has 0 radical (unpaired) electrons. The Morgan fingerprint density at radius 3 is 2.32 bits per heavy atom. The molecule has 0 saturated carbocycles. The number of cyclic esters (lactones) is 1. The second kappa shape index (κ2) is 9.48. The fraction of sp³-hybridized carbons (Fsp3) is 0.310. The van der Waals surface area contributed by atoms with Crippen molar-refractivity contribution in [3.63, 3.8) is 0 Å². The molecule has 9 heteroatoms. The number of esters is 1. The minimum absolute atomic E-state index is 0.0218. The second-order valence-electron chi connectivity index (χ2n) is 9.64. The average molecular weight is 518 g/mol. The molecule has 3 aromatic carbocycles. The SMILES string of the molecule is COc1cc([C@@H]2c3cc4c(cc3C[C@H]3COC(=O)[C@@H]32)OCO4)cc(OC)c1OC(=O)Nc1ccc(C)cc1. The first-order valence-electron chi connectivity index (χ1n) is 12.4. The fourth-order valence-corrected chi connectivity index (χ4v) is 5.56. The minimum atomic E-state index is -0.687. The summed E-state index contributed by atoms with van der Waals surface area (Å²) < 4.78 is 33.7. The van der Waals surface area contributed by atoms with Gasteiger partial charge in [-0.1, -0.05) is 17.7 Å². The van der Waals surface area contributed by atoms with E-state index >= 15 is 0 Å². The van der Waals surface area contributed by atoms with Crippen LogP contribution in [0.3, 0.4) is 0 Å². The standard InChI is InChI=1S/C29H27NO8/c1-15-4-6-19(7-5-15)30-29(32)38-27-23(33-2)10-17(11-24(27)34-3)25-20-12-22-21(36-14-37-22)9-16(20)8-18-13-35-28(31)26(18)25/h4-7,9-12,18,25-26H,8,13-14H2,1-3H3,(H,30,32)/t18-,25+,26-/m0/s1. The lowest BCUT2D eigenvalue weighted by atomic mass is 9.67. The number of fused-ring (bicyclic) bond motifs is 3. The van der Waals surface area contributed by atoms with Gasteiger partial charge in [0.15, 0.2) is 23.0 Å². The van der Waals surface area contributed by atoms with Crippen LogP contribution in [0.15, 0.2) is 48.5 Å². The van der Waals surface area contributed by atoms with Gasteiger partial charge in [0.2, 0.25) is 12.5 Å². The van der Waals surface area contributed by atoms with Gasteiger partial charge >= 0.3 is 12.1 Å². The number of carbonyl (C=O) groups excluding carboxylic acids is 2.